The summed E-state index contributed by atoms with van der Waals surface area (Å²) >= 11 is 0. The molecule has 0 saturated heterocycles. The van der Waals surface area contributed by atoms with Gasteiger partial charge in [0.05, 0.1) is 18.4 Å². The molecule has 10 heteroatoms. The van der Waals surface area contributed by atoms with Gasteiger partial charge in [-0.15, -0.1) is 10.2 Å². The molecule has 1 saturated carbocycles. The Hall–Kier alpha value is -3.69. The largest absolute Gasteiger partial charge is 0.341 e. The molecule has 6 rings (SSSR count). The molecule has 5 heterocycles. The minimum absolute atomic E-state index is 0.115. The fraction of sp³-hybridized carbons (Fsp3) is 0.333. The van der Waals surface area contributed by atoms with Gasteiger partial charge < -0.3 is 4.90 Å². The second kappa shape index (κ2) is 6.93. The van der Waals surface area contributed by atoms with E-state index in [0.717, 1.165) is 36.6 Å². The molecule has 0 bridgehead atoms. The Morgan fingerprint density at radius 3 is 2.74 bits per heavy atom. The van der Waals surface area contributed by atoms with E-state index in [0.29, 0.717) is 23.5 Å². The van der Waals surface area contributed by atoms with Crippen molar-refractivity contribution < 1.29 is 4.39 Å². The maximum absolute atomic E-state index is 13.3. The standard InChI is InChI=1S/C21H20FN9/c1-2-16-20-28-26-12-30(20)17-11-25-21(27-19(17)31(16)14-4-3-5-14)29-9-8-23-18(29)15-7-6-13(22)10-24-15/h6-12,14,16H,2-5H2,1H3. The highest BCUT2D eigenvalue weighted by molar-refractivity contribution is 5.63. The number of pyridine rings is 1. The summed E-state index contributed by atoms with van der Waals surface area (Å²) in [7, 11) is 0. The third kappa shape index (κ3) is 2.74. The van der Waals surface area contributed by atoms with Crippen molar-refractivity contribution in [3.8, 4) is 23.2 Å². The summed E-state index contributed by atoms with van der Waals surface area (Å²) in [5, 5.41) is 8.54. The third-order valence-corrected chi connectivity index (χ3v) is 6.12. The van der Waals surface area contributed by atoms with Gasteiger partial charge >= 0.3 is 0 Å². The average Bonchev–Trinajstić information content (AvgIpc) is 3.43. The normalized spacial score (nSPS) is 17.9. The van der Waals surface area contributed by atoms with Crippen LogP contribution in [0.5, 0.6) is 0 Å². The second-order valence-corrected chi connectivity index (χ2v) is 7.84. The smallest absolute Gasteiger partial charge is 0.237 e. The number of rotatable bonds is 4. The molecule has 31 heavy (non-hydrogen) atoms. The first-order valence-corrected chi connectivity index (χ1v) is 10.5. The Kier molecular flexibility index (Phi) is 4.05. The highest BCUT2D eigenvalue weighted by Crippen LogP contribution is 2.43. The van der Waals surface area contributed by atoms with Gasteiger partial charge in [-0.05, 0) is 37.8 Å². The summed E-state index contributed by atoms with van der Waals surface area (Å²) in [5.74, 6) is 2.46. The Morgan fingerprint density at radius 1 is 1.10 bits per heavy atom. The van der Waals surface area contributed by atoms with E-state index in [2.05, 4.69) is 37.0 Å². The lowest BCUT2D eigenvalue weighted by Crippen LogP contribution is -2.46. The molecule has 2 aliphatic rings. The van der Waals surface area contributed by atoms with E-state index in [-0.39, 0.29) is 6.04 Å². The summed E-state index contributed by atoms with van der Waals surface area (Å²) in [6.07, 6.45) is 12.6. The molecule has 1 aliphatic heterocycles. The zero-order valence-electron chi connectivity index (χ0n) is 16.9. The first-order valence-electron chi connectivity index (χ1n) is 10.5. The van der Waals surface area contributed by atoms with Crippen LogP contribution in [-0.4, -0.2) is 45.3 Å². The fourth-order valence-electron chi connectivity index (χ4n) is 4.40. The number of hydrogen-bond acceptors (Lipinski definition) is 7. The molecule has 1 fully saturated rings. The van der Waals surface area contributed by atoms with Gasteiger partial charge in [-0.25, -0.2) is 19.3 Å². The van der Waals surface area contributed by atoms with Crippen LogP contribution in [-0.2, 0) is 0 Å². The average molecular weight is 417 g/mol. The maximum Gasteiger partial charge on any atom is 0.237 e. The Bertz CT molecular complexity index is 1240. The maximum atomic E-state index is 13.3. The molecule has 1 unspecified atom stereocenters. The molecule has 0 amide bonds. The second-order valence-electron chi connectivity index (χ2n) is 7.84. The first-order chi connectivity index (χ1) is 15.2. The predicted octanol–water partition coefficient (Wildman–Crippen LogP) is 3.27. The van der Waals surface area contributed by atoms with E-state index >= 15 is 0 Å². The van der Waals surface area contributed by atoms with Crippen molar-refractivity contribution in [3.63, 3.8) is 0 Å². The van der Waals surface area contributed by atoms with E-state index in [9.17, 15) is 4.39 Å². The Balaban J connectivity index is 1.50. The monoisotopic (exact) mass is 417 g/mol. The Morgan fingerprint density at radius 2 is 2.00 bits per heavy atom. The van der Waals surface area contributed by atoms with Gasteiger partial charge in [0.15, 0.2) is 17.5 Å². The molecule has 0 N–H and O–H groups in total. The summed E-state index contributed by atoms with van der Waals surface area (Å²) in [6, 6.07) is 3.51. The van der Waals surface area contributed by atoms with Gasteiger partial charge in [-0.3, -0.25) is 9.13 Å². The van der Waals surface area contributed by atoms with Crippen LogP contribution >= 0.6 is 0 Å². The van der Waals surface area contributed by atoms with Crippen molar-refractivity contribution in [2.75, 3.05) is 4.90 Å². The van der Waals surface area contributed by atoms with Gasteiger partial charge in [-0.2, -0.15) is 4.98 Å². The fourth-order valence-corrected chi connectivity index (χ4v) is 4.40. The van der Waals surface area contributed by atoms with Crippen LogP contribution in [0.1, 0.15) is 44.5 Å². The lowest BCUT2D eigenvalue weighted by Gasteiger charge is -2.45. The SMILES string of the molecule is CCC1c2nncn2-c2cnc(-n3ccnc3-c3ccc(F)cn3)nc2N1C1CCC1. The highest BCUT2D eigenvalue weighted by atomic mass is 19.1. The summed E-state index contributed by atoms with van der Waals surface area (Å²) in [5.41, 5.74) is 1.43. The minimum atomic E-state index is -0.390. The van der Waals surface area contributed by atoms with Crippen LogP contribution in [0, 0.1) is 5.82 Å². The zero-order valence-corrected chi connectivity index (χ0v) is 16.9. The third-order valence-electron chi connectivity index (χ3n) is 6.12. The molecule has 0 spiro atoms. The molecular formula is C21H20FN9. The molecular weight excluding hydrogens is 397 g/mol. The lowest BCUT2D eigenvalue weighted by atomic mass is 9.89. The number of halogens is 1. The molecule has 4 aromatic rings. The van der Waals surface area contributed by atoms with E-state index < -0.39 is 5.82 Å². The van der Waals surface area contributed by atoms with Gasteiger partial charge in [-0.1, -0.05) is 6.92 Å². The first kappa shape index (κ1) is 18.1. The van der Waals surface area contributed by atoms with Gasteiger partial charge in [0, 0.05) is 18.4 Å². The zero-order chi connectivity index (χ0) is 20.9. The molecule has 0 radical (unpaired) electrons. The minimum Gasteiger partial charge on any atom is -0.341 e. The molecule has 9 nitrogen and oxygen atoms in total. The molecule has 4 aromatic heterocycles. The summed E-state index contributed by atoms with van der Waals surface area (Å²) in [6.45, 7) is 2.16. The van der Waals surface area contributed by atoms with Crippen molar-refractivity contribution in [2.45, 2.75) is 44.7 Å². The van der Waals surface area contributed by atoms with E-state index in [4.69, 9.17) is 4.98 Å². The van der Waals surface area contributed by atoms with Crippen LogP contribution in [0.2, 0.25) is 0 Å². The number of fused-ring (bicyclic) bond motifs is 3. The van der Waals surface area contributed by atoms with Crippen molar-refractivity contribution >= 4 is 5.82 Å². The van der Waals surface area contributed by atoms with Gasteiger partial charge in [0.25, 0.3) is 0 Å². The highest BCUT2D eigenvalue weighted by Gasteiger charge is 2.39. The molecule has 156 valence electrons. The number of nitrogens with zero attached hydrogens (tertiary/aromatic N) is 9. The van der Waals surface area contributed by atoms with E-state index in [1.807, 2.05) is 10.8 Å². The van der Waals surface area contributed by atoms with Crippen LogP contribution in [0.3, 0.4) is 0 Å². The van der Waals surface area contributed by atoms with E-state index in [1.54, 1.807) is 29.4 Å². The van der Waals surface area contributed by atoms with Crippen LogP contribution < -0.4 is 4.90 Å². The molecule has 0 aromatic carbocycles. The van der Waals surface area contributed by atoms with Crippen LogP contribution in [0.25, 0.3) is 23.2 Å². The number of hydrogen-bond donors (Lipinski definition) is 0. The van der Waals surface area contributed by atoms with Gasteiger partial charge in [0.1, 0.15) is 23.5 Å². The van der Waals surface area contributed by atoms with Crippen molar-refractivity contribution in [2.24, 2.45) is 0 Å². The number of imidazole rings is 1. The van der Waals surface area contributed by atoms with E-state index in [1.165, 1.54) is 18.7 Å². The molecule has 1 aliphatic carbocycles. The quantitative estimate of drug-likeness (QED) is 0.503. The van der Waals surface area contributed by atoms with Crippen LogP contribution in [0.4, 0.5) is 10.2 Å². The Labute approximate surface area is 177 Å². The molecule has 1 atom stereocenters. The number of anilines is 1. The number of aromatic nitrogens is 8. The van der Waals surface area contributed by atoms with Crippen molar-refractivity contribution in [3.05, 3.63) is 54.9 Å². The van der Waals surface area contributed by atoms with Gasteiger partial charge in [0.2, 0.25) is 5.95 Å². The summed E-state index contributed by atoms with van der Waals surface area (Å²) in [4.78, 5) is 20.5. The van der Waals surface area contributed by atoms with Crippen LogP contribution in [0.15, 0.2) is 43.2 Å². The van der Waals surface area contributed by atoms with Crippen molar-refractivity contribution in [1.82, 2.24) is 39.3 Å². The summed E-state index contributed by atoms with van der Waals surface area (Å²) < 4.78 is 17.1. The van der Waals surface area contributed by atoms with Crippen molar-refractivity contribution in [1.29, 1.82) is 0 Å². The lowest BCUT2D eigenvalue weighted by molar-refractivity contribution is 0.341. The predicted molar refractivity (Wildman–Crippen MR) is 110 cm³/mol. The topological polar surface area (TPSA) is 90.4 Å².